The maximum atomic E-state index is 5.45. The largest absolute Gasteiger partial charge is 0.452 e. The molecule has 0 aliphatic rings. The van der Waals surface area contributed by atoms with Gasteiger partial charge >= 0.3 is 0 Å². The van der Waals surface area contributed by atoms with E-state index in [2.05, 4.69) is 65.4 Å². The molecule has 96 valence electrons. The molecule has 0 saturated carbocycles. The van der Waals surface area contributed by atoms with Gasteiger partial charge in [-0.2, -0.15) is 0 Å². The summed E-state index contributed by atoms with van der Waals surface area (Å²) in [4.78, 5) is 2.12. The lowest BCUT2D eigenvalue weighted by Crippen LogP contribution is -2.10. The van der Waals surface area contributed by atoms with Crippen LogP contribution >= 0.6 is 15.9 Å². The third kappa shape index (κ3) is 3.07. The van der Waals surface area contributed by atoms with Gasteiger partial charge in [-0.25, -0.2) is 0 Å². The van der Waals surface area contributed by atoms with Gasteiger partial charge in [-0.1, -0.05) is 6.07 Å². The van der Waals surface area contributed by atoms with Crippen LogP contribution in [-0.2, 0) is 6.54 Å². The predicted octanol–water partition coefficient (Wildman–Crippen LogP) is 4.03. The second-order valence-corrected chi connectivity index (χ2v) is 5.24. The Morgan fingerprint density at radius 3 is 2.61 bits per heavy atom. The Labute approximate surface area is 116 Å². The van der Waals surface area contributed by atoms with Gasteiger partial charge in [0.1, 0.15) is 5.76 Å². The molecule has 0 aliphatic carbocycles. The minimum absolute atomic E-state index is 0.682. The molecule has 1 N–H and O–H groups in total. The number of hydrogen-bond acceptors (Lipinski definition) is 3. The topological polar surface area (TPSA) is 28.4 Å². The molecule has 0 fully saturated rings. The number of benzene rings is 1. The van der Waals surface area contributed by atoms with E-state index < -0.39 is 0 Å². The monoisotopic (exact) mass is 308 g/mol. The van der Waals surface area contributed by atoms with Crippen molar-refractivity contribution in [2.75, 3.05) is 24.3 Å². The second-order valence-electron chi connectivity index (χ2n) is 4.46. The molecule has 0 saturated heterocycles. The lowest BCUT2D eigenvalue weighted by atomic mass is 10.1. The van der Waals surface area contributed by atoms with Gasteiger partial charge in [0.25, 0.3) is 0 Å². The molecule has 1 aromatic carbocycles. The minimum atomic E-state index is 0.682. The summed E-state index contributed by atoms with van der Waals surface area (Å²) in [5, 5.41) is 3.36. The molecule has 18 heavy (non-hydrogen) atoms. The van der Waals surface area contributed by atoms with Crippen LogP contribution in [-0.4, -0.2) is 14.1 Å². The first-order valence-corrected chi connectivity index (χ1v) is 6.61. The van der Waals surface area contributed by atoms with Crippen molar-refractivity contribution in [3.05, 3.63) is 46.3 Å². The maximum absolute atomic E-state index is 5.45. The van der Waals surface area contributed by atoms with Crippen LogP contribution in [0.5, 0.6) is 0 Å². The Morgan fingerprint density at radius 2 is 2.00 bits per heavy atom. The third-order valence-corrected chi connectivity index (χ3v) is 3.21. The number of furan rings is 1. The zero-order valence-electron chi connectivity index (χ0n) is 10.8. The molecule has 0 bridgehead atoms. The fourth-order valence-corrected chi connectivity index (χ4v) is 2.18. The molecule has 2 aromatic rings. The highest BCUT2D eigenvalue weighted by Gasteiger charge is 2.03. The lowest BCUT2D eigenvalue weighted by Gasteiger charge is -2.17. The zero-order chi connectivity index (χ0) is 13.1. The van der Waals surface area contributed by atoms with Crippen LogP contribution in [0.3, 0.4) is 0 Å². The normalized spacial score (nSPS) is 10.4. The fourth-order valence-electron chi connectivity index (χ4n) is 1.84. The first-order chi connectivity index (χ1) is 8.56. The van der Waals surface area contributed by atoms with Gasteiger partial charge in [0, 0.05) is 25.5 Å². The fraction of sp³-hybridized carbons (Fsp3) is 0.286. The van der Waals surface area contributed by atoms with Crippen LogP contribution in [0.4, 0.5) is 11.4 Å². The number of halogens is 1. The molecule has 0 amide bonds. The van der Waals surface area contributed by atoms with E-state index in [0.29, 0.717) is 6.54 Å². The number of hydrogen-bond donors (Lipinski definition) is 1. The van der Waals surface area contributed by atoms with Gasteiger partial charge in [-0.05, 0) is 52.7 Å². The summed E-state index contributed by atoms with van der Waals surface area (Å²) in [5.41, 5.74) is 3.59. The van der Waals surface area contributed by atoms with Gasteiger partial charge in [0.2, 0.25) is 0 Å². The van der Waals surface area contributed by atoms with Crippen molar-refractivity contribution >= 4 is 27.3 Å². The SMILES string of the molecule is Cc1ccc(NCc2ccc(Br)o2)cc1N(C)C. The van der Waals surface area contributed by atoms with Crippen molar-refractivity contribution in [1.82, 2.24) is 0 Å². The summed E-state index contributed by atoms with van der Waals surface area (Å²) in [6, 6.07) is 10.2. The average Bonchev–Trinajstić information content (AvgIpc) is 2.74. The Kier molecular flexibility index (Phi) is 3.97. The van der Waals surface area contributed by atoms with Crippen LogP contribution in [0.2, 0.25) is 0 Å². The van der Waals surface area contributed by atoms with Crippen molar-refractivity contribution in [2.24, 2.45) is 0 Å². The molecular formula is C14H17BrN2O. The van der Waals surface area contributed by atoms with Crippen molar-refractivity contribution in [1.29, 1.82) is 0 Å². The van der Waals surface area contributed by atoms with Gasteiger partial charge in [-0.15, -0.1) is 0 Å². The number of aryl methyl sites for hydroxylation is 1. The highest BCUT2D eigenvalue weighted by atomic mass is 79.9. The Hall–Kier alpha value is -1.42. The van der Waals surface area contributed by atoms with E-state index in [1.165, 1.54) is 11.3 Å². The first kappa shape index (κ1) is 13.0. The number of anilines is 2. The second kappa shape index (κ2) is 5.48. The van der Waals surface area contributed by atoms with E-state index in [1.54, 1.807) is 0 Å². The van der Waals surface area contributed by atoms with Gasteiger partial charge in [0.05, 0.1) is 6.54 Å². The summed E-state index contributed by atoms with van der Waals surface area (Å²) in [7, 11) is 4.10. The molecule has 0 radical (unpaired) electrons. The highest BCUT2D eigenvalue weighted by molar-refractivity contribution is 9.10. The van der Waals surface area contributed by atoms with Crippen LogP contribution < -0.4 is 10.2 Å². The van der Waals surface area contributed by atoms with E-state index in [-0.39, 0.29) is 0 Å². The molecule has 4 heteroatoms. The predicted molar refractivity (Wildman–Crippen MR) is 79.2 cm³/mol. The quantitative estimate of drug-likeness (QED) is 0.924. The molecule has 1 heterocycles. The first-order valence-electron chi connectivity index (χ1n) is 5.82. The molecule has 1 aromatic heterocycles. The average molecular weight is 309 g/mol. The zero-order valence-corrected chi connectivity index (χ0v) is 12.4. The van der Waals surface area contributed by atoms with E-state index in [0.717, 1.165) is 16.1 Å². The van der Waals surface area contributed by atoms with Crippen LogP contribution in [0.25, 0.3) is 0 Å². The summed E-state index contributed by atoms with van der Waals surface area (Å²) < 4.78 is 6.21. The van der Waals surface area contributed by atoms with Crippen molar-refractivity contribution in [2.45, 2.75) is 13.5 Å². The van der Waals surface area contributed by atoms with Crippen molar-refractivity contribution in [3.8, 4) is 0 Å². The summed E-state index contributed by atoms with van der Waals surface area (Å²) in [5.74, 6) is 0.911. The third-order valence-electron chi connectivity index (χ3n) is 2.79. The Morgan fingerprint density at radius 1 is 1.22 bits per heavy atom. The van der Waals surface area contributed by atoms with Gasteiger partial charge < -0.3 is 14.6 Å². The minimum Gasteiger partial charge on any atom is -0.452 e. The van der Waals surface area contributed by atoms with Crippen LogP contribution in [0, 0.1) is 6.92 Å². The van der Waals surface area contributed by atoms with E-state index in [1.807, 2.05) is 12.1 Å². The van der Waals surface area contributed by atoms with Gasteiger partial charge in [0.15, 0.2) is 4.67 Å². The van der Waals surface area contributed by atoms with Crippen molar-refractivity contribution < 1.29 is 4.42 Å². The number of nitrogens with zero attached hydrogens (tertiary/aromatic N) is 1. The summed E-state index contributed by atoms with van der Waals surface area (Å²) >= 11 is 3.30. The molecule has 0 unspecified atom stereocenters. The van der Waals surface area contributed by atoms with Crippen LogP contribution in [0.15, 0.2) is 39.4 Å². The molecule has 0 atom stereocenters. The molecule has 0 spiro atoms. The molecule has 0 aliphatic heterocycles. The van der Waals surface area contributed by atoms with E-state index in [9.17, 15) is 0 Å². The van der Waals surface area contributed by atoms with Crippen molar-refractivity contribution in [3.63, 3.8) is 0 Å². The van der Waals surface area contributed by atoms with E-state index >= 15 is 0 Å². The molecular weight excluding hydrogens is 292 g/mol. The smallest absolute Gasteiger partial charge is 0.169 e. The van der Waals surface area contributed by atoms with Gasteiger partial charge in [-0.3, -0.25) is 0 Å². The maximum Gasteiger partial charge on any atom is 0.169 e. The van der Waals surface area contributed by atoms with E-state index in [4.69, 9.17) is 4.42 Å². The number of rotatable bonds is 4. The summed E-state index contributed by atoms with van der Waals surface area (Å²) in [6.07, 6.45) is 0. The highest BCUT2D eigenvalue weighted by Crippen LogP contribution is 2.23. The number of nitrogens with one attached hydrogen (secondary N) is 1. The lowest BCUT2D eigenvalue weighted by molar-refractivity contribution is 0.495. The Balaban J connectivity index is 2.08. The van der Waals surface area contributed by atoms with Crippen LogP contribution in [0.1, 0.15) is 11.3 Å². The molecule has 3 nitrogen and oxygen atoms in total. The Bertz CT molecular complexity index is 534. The molecule has 2 rings (SSSR count). The standard InChI is InChI=1S/C14H17BrN2O/c1-10-4-5-11(8-13(10)17(2)3)16-9-12-6-7-14(15)18-12/h4-8,16H,9H2,1-3H3. The summed E-state index contributed by atoms with van der Waals surface area (Å²) in [6.45, 7) is 2.80.